The molecule has 0 saturated carbocycles. The summed E-state index contributed by atoms with van der Waals surface area (Å²) >= 11 is 9.16. The zero-order valence-electron chi connectivity index (χ0n) is 12.2. The molecule has 0 spiro atoms. The lowest BCUT2D eigenvalue weighted by Crippen LogP contribution is -2.02. The standard InChI is InChI=1S/C17H13Br2IN2O/c1-9-4-10(20)6-12(5-9)21-8-11-2-3-13-14(18)7-15(19)17(23)16(13)22-11/h2-7,21,23H,8H2,1H3. The van der Waals surface area contributed by atoms with Crippen molar-refractivity contribution in [1.29, 1.82) is 0 Å². The molecule has 0 unspecified atom stereocenters. The third-order valence-corrected chi connectivity index (χ3v) is 5.31. The fourth-order valence-corrected chi connectivity index (χ4v) is 4.47. The van der Waals surface area contributed by atoms with Crippen LogP contribution in [0.4, 0.5) is 5.69 Å². The average Bonchev–Trinajstić information content (AvgIpc) is 2.49. The predicted octanol–water partition coefficient (Wildman–Crippen LogP) is 5.99. The van der Waals surface area contributed by atoms with Crippen molar-refractivity contribution < 1.29 is 5.11 Å². The Kier molecular flexibility index (Phi) is 5.13. The third kappa shape index (κ3) is 3.80. The van der Waals surface area contributed by atoms with Crippen LogP contribution in [0.1, 0.15) is 11.3 Å². The SMILES string of the molecule is Cc1cc(I)cc(NCc2ccc3c(Br)cc(Br)c(O)c3n2)c1. The predicted molar refractivity (Wildman–Crippen MR) is 110 cm³/mol. The van der Waals surface area contributed by atoms with E-state index >= 15 is 0 Å². The maximum absolute atomic E-state index is 10.2. The number of aryl methyl sites for hydroxylation is 1. The number of hydrogen-bond acceptors (Lipinski definition) is 3. The summed E-state index contributed by atoms with van der Waals surface area (Å²) in [5.74, 6) is 0.162. The van der Waals surface area contributed by atoms with Crippen molar-refractivity contribution in [3.05, 3.63) is 60.2 Å². The number of nitrogens with one attached hydrogen (secondary N) is 1. The number of aromatic nitrogens is 1. The van der Waals surface area contributed by atoms with E-state index in [0.717, 1.165) is 21.2 Å². The summed E-state index contributed by atoms with van der Waals surface area (Å²) in [4.78, 5) is 4.58. The smallest absolute Gasteiger partial charge is 0.156 e. The largest absolute Gasteiger partial charge is 0.505 e. The van der Waals surface area contributed by atoms with Crippen LogP contribution < -0.4 is 5.32 Å². The third-order valence-electron chi connectivity index (χ3n) is 3.43. The average molecular weight is 548 g/mol. The first kappa shape index (κ1) is 17.0. The summed E-state index contributed by atoms with van der Waals surface area (Å²) < 4.78 is 2.72. The van der Waals surface area contributed by atoms with Crippen LogP contribution in [0.15, 0.2) is 45.3 Å². The van der Waals surface area contributed by atoms with Gasteiger partial charge < -0.3 is 10.4 Å². The Hall–Kier alpha value is -0.860. The van der Waals surface area contributed by atoms with Gasteiger partial charge in [0.15, 0.2) is 5.75 Å². The molecule has 0 aliphatic heterocycles. The molecule has 0 aliphatic carbocycles. The molecular weight excluding hydrogens is 535 g/mol. The second-order valence-electron chi connectivity index (χ2n) is 5.26. The Bertz CT molecular complexity index is 879. The first-order chi connectivity index (χ1) is 10.9. The lowest BCUT2D eigenvalue weighted by Gasteiger charge is -2.10. The van der Waals surface area contributed by atoms with Gasteiger partial charge in [0.25, 0.3) is 0 Å². The molecule has 118 valence electrons. The van der Waals surface area contributed by atoms with Crippen LogP contribution in [0.5, 0.6) is 5.75 Å². The van der Waals surface area contributed by atoms with Crippen LogP contribution in [0, 0.1) is 10.5 Å². The molecule has 2 N–H and O–H groups in total. The van der Waals surface area contributed by atoms with Crippen LogP contribution in [-0.4, -0.2) is 10.1 Å². The fourth-order valence-electron chi connectivity index (χ4n) is 2.37. The molecule has 0 amide bonds. The highest BCUT2D eigenvalue weighted by Gasteiger charge is 2.10. The molecule has 0 bridgehead atoms. The van der Waals surface area contributed by atoms with Gasteiger partial charge in [0, 0.05) is 19.1 Å². The van der Waals surface area contributed by atoms with Gasteiger partial charge >= 0.3 is 0 Å². The molecule has 0 radical (unpaired) electrons. The van der Waals surface area contributed by atoms with E-state index in [1.165, 1.54) is 9.13 Å². The van der Waals surface area contributed by atoms with Gasteiger partial charge in [-0.05, 0) is 87.4 Å². The van der Waals surface area contributed by atoms with E-state index in [0.29, 0.717) is 16.5 Å². The monoisotopic (exact) mass is 546 g/mol. The molecule has 1 aromatic heterocycles. The van der Waals surface area contributed by atoms with Crippen molar-refractivity contribution in [3.8, 4) is 5.75 Å². The highest BCUT2D eigenvalue weighted by Crippen LogP contribution is 2.36. The normalized spacial score (nSPS) is 11.0. The number of pyridine rings is 1. The van der Waals surface area contributed by atoms with Gasteiger partial charge in [-0.3, -0.25) is 0 Å². The maximum Gasteiger partial charge on any atom is 0.156 e. The first-order valence-corrected chi connectivity index (χ1v) is 9.58. The van der Waals surface area contributed by atoms with E-state index in [4.69, 9.17) is 0 Å². The van der Waals surface area contributed by atoms with Crippen LogP contribution in [0.2, 0.25) is 0 Å². The quantitative estimate of drug-likeness (QED) is 0.396. The summed E-state index contributed by atoms with van der Waals surface area (Å²) in [6, 6.07) is 12.1. The maximum atomic E-state index is 10.2. The summed E-state index contributed by atoms with van der Waals surface area (Å²) in [6.07, 6.45) is 0. The van der Waals surface area contributed by atoms with Crippen LogP contribution in [-0.2, 0) is 6.54 Å². The molecule has 0 aliphatic rings. The van der Waals surface area contributed by atoms with E-state index < -0.39 is 0 Å². The molecule has 1 heterocycles. The first-order valence-electron chi connectivity index (χ1n) is 6.91. The number of anilines is 1. The molecule has 3 aromatic rings. The molecule has 3 rings (SSSR count). The molecule has 0 saturated heterocycles. The number of nitrogens with zero attached hydrogens (tertiary/aromatic N) is 1. The van der Waals surface area contributed by atoms with Gasteiger partial charge in [0.05, 0.1) is 16.7 Å². The minimum atomic E-state index is 0.162. The number of halogens is 3. The highest BCUT2D eigenvalue weighted by atomic mass is 127. The van der Waals surface area contributed by atoms with Crippen molar-refractivity contribution in [2.75, 3.05) is 5.32 Å². The van der Waals surface area contributed by atoms with Crippen molar-refractivity contribution in [2.24, 2.45) is 0 Å². The van der Waals surface area contributed by atoms with Crippen molar-refractivity contribution in [1.82, 2.24) is 4.98 Å². The van der Waals surface area contributed by atoms with Gasteiger partial charge in [-0.1, -0.05) is 15.9 Å². The van der Waals surface area contributed by atoms with Crippen molar-refractivity contribution >= 4 is 71.0 Å². The zero-order chi connectivity index (χ0) is 16.6. The molecule has 6 heteroatoms. The summed E-state index contributed by atoms with van der Waals surface area (Å²) in [5, 5.41) is 14.5. The Balaban J connectivity index is 1.90. The number of phenolic OH excluding ortho intramolecular Hbond substituents is 1. The number of aromatic hydroxyl groups is 1. The summed E-state index contributed by atoms with van der Waals surface area (Å²) in [6.45, 7) is 2.67. The van der Waals surface area contributed by atoms with Crippen molar-refractivity contribution in [2.45, 2.75) is 13.5 Å². The highest BCUT2D eigenvalue weighted by molar-refractivity contribution is 14.1. The Labute approximate surface area is 164 Å². The Morgan fingerprint density at radius 2 is 1.91 bits per heavy atom. The minimum Gasteiger partial charge on any atom is -0.505 e. The number of benzene rings is 2. The van der Waals surface area contributed by atoms with Gasteiger partial charge in [0.2, 0.25) is 0 Å². The fraction of sp³-hybridized carbons (Fsp3) is 0.118. The van der Waals surface area contributed by atoms with Gasteiger partial charge in [-0.25, -0.2) is 4.98 Å². The number of hydrogen-bond donors (Lipinski definition) is 2. The van der Waals surface area contributed by atoms with Crippen LogP contribution in [0.3, 0.4) is 0 Å². The summed E-state index contributed by atoms with van der Waals surface area (Å²) in [5.41, 5.74) is 3.74. The Morgan fingerprint density at radius 1 is 1.13 bits per heavy atom. The minimum absolute atomic E-state index is 0.162. The lowest BCUT2D eigenvalue weighted by molar-refractivity contribution is 0.477. The number of rotatable bonds is 3. The molecule has 0 fully saturated rings. The van der Waals surface area contributed by atoms with E-state index in [1.807, 2.05) is 18.2 Å². The molecular formula is C17H13Br2IN2O. The molecule has 3 nitrogen and oxygen atoms in total. The zero-order valence-corrected chi connectivity index (χ0v) is 17.5. The Morgan fingerprint density at radius 3 is 2.65 bits per heavy atom. The molecule has 2 aromatic carbocycles. The second kappa shape index (κ2) is 6.94. The van der Waals surface area contributed by atoms with Crippen LogP contribution >= 0.6 is 54.5 Å². The summed E-state index contributed by atoms with van der Waals surface area (Å²) in [7, 11) is 0. The van der Waals surface area contributed by atoms with E-state index in [2.05, 4.69) is 89.9 Å². The lowest BCUT2D eigenvalue weighted by atomic mass is 10.2. The number of phenols is 1. The topological polar surface area (TPSA) is 45.1 Å². The van der Waals surface area contributed by atoms with E-state index in [9.17, 15) is 5.11 Å². The second-order valence-corrected chi connectivity index (χ2v) is 8.21. The van der Waals surface area contributed by atoms with Crippen molar-refractivity contribution in [3.63, 3.8) is 0 Å². The van der Waals surface area contributed by atoms with E-state index in [1.54, 1.807) is 0 Å². The van der Waals surface area contributed by atoms with Gasteiger partial charge in [-0.2, -0.15) is 0 Å². The van der Waals surface area contributed by atoms with Gasteiger partial charge in [0.1, 0.15) is 5.52 Å². The van der Waals surface area contributed by atoms with Gasteiger partial charge in [-0.15, -0.1) is 0 Å². The number of fused-ring (bicyclic) bond motifs is 1. The van der Waals surface area contributed by atoms with E-state index in [-0.39, 0.29) is 5.75 Å². The molecule has 0 atom stereocenters. The van der Waals surface area contributed by atoms with Crippen LogP contribution in [0.25, 0.3) is 10.9 Å². The molecule has 23 heavy (non-hydrogen) atoms.